The summed E-state index contributed by atoms with van der Waals surface area (Å²) in [6, 6.07) is 10.4. The third kappa shape index (κ3) is 2.31. The van der Waals surface area contributed by atoms with Crippen molar-refractivity contribution in [3.63, 3.8) is 0 Å². The highest BCUT2D eigenvalue weighted by molar-refractivity contribution is 5.60. The van der Waals surface area contributed by atoms with Gasteiger partial charge in [0, 0.05) is 29.7 Å². The Labute approximate surface area is 137 Å². The van der Waals surface area contributed by atoms with Gasteiger partial charge in [-0.05, 0) is 43.0 Å². The molecule has 22 heavy (non-hydrogen) atoms. The summed E-state index contributed by atoms with van der Waals surface area (Å²) in [7, 11) is 0. The summed E-state index contributed by atoms with van der Waals surface area (Å²) >= 11 is 0. The summed E-state index contributed by atoms with van der Waals surface area (Å²) in [5, 5.41) is 0. The number of hydrogen-bond acceptors (Lipinski definition) is 2. The maximum atomic E-state index is 7.71. The Morgan fingerprint density at radius 2 is 1.91 bits per heavy atom. The van der Waals surface area contributed by atoms with Gasteiger partial charge in [-0.1, -0.05) is 32.0 Å². The van der Waals surface area contributed by atoms with Crippen LogP contribution < -0.4 is 4.90 Å². The highest BCUT2D eigenvalue weighted by Gasteiger charge is 2.25. The van der Waals surface area contributed by atoms with Gasteiger partial charge in [0.2, 0.25) is 0 Å². The minimum atomic E-state index is -2.15. The van der Waals surface area contributed by atoms with Crippen molar-refractivity contribution in [1.82, 2.24) is 9.47 Å². The van der Waals surface area contributed by atoms with E-state index in [4.69, 9.17) is 4.11 Å². The highest BCUT2D eigenvalue weighted by Crippen LogP contribution is 2.33. The number of para-hydroxylation sites is 1. The number of nitrogens with zero attached hydrogens (tertiary/aromatic N) is 3. The van der Waals surface area contributed by atoms with E-state index in [1.807, 2.05) is 24.1 Å². The van der Waals surface area contributed by atoms with Crippen molar-refractivity contribution < 1.29 is 4.11 Å². The molecular weight excluding hydrogens is 270 g/mol. The van der Waals surface area contributed by atoms with Gasteiger partial charge in [-0.2, -0.15) is 0 Å². The summed E-state index contributed by atoms with van der Waals surface area (Å²) in [6.07, 6.45) is 5.30. The lowest BCUT2D eigenvalue weighted by molar-refractivity contribution is 0.381. The first kappa shape index (κ1) is 11.4. The van der Waals surface area contributed by atoms with E-state index in [0.717, 1.165) is 17.1 Å². The molecule has 0 bridgehead atoms. The Balaban J connectivity index is 2.07. The minimum absolute atomic E-state index is 0.272. The predicted octanol–water partition coefficient (Wildman–Crippen LogP) is 4.48. The van der Waals surface area contributed by atoms with Crippen LogP contribution in [0.25, 0.3) is 5.69 Å². The summed E-state index contributed by atoms with van der Waals surface area (Å²) in [6.45, 7) is 6.19. The Morgan fingerprint density at radius 1 is 1.14 bits per heavy atom. The molecule has 0 aliphatic carbocycles. The number of rotatable bonds is 3. The first-order chi connectivity index (χ1) is 11.7. The molecule has 0 N–H and O–H groups in total. The van der Waals surface area contributed by atoms with Crippen LogP contribution in [0.5, 0.6) is 0 Å². The number of aryl methyl sites for hydroxylation is 1. The molecule has 2 heterocycles. The summed E-state index contributed by atoms with van der Waals surface area (Å²) in [4.78, 5) is 3.44. The number of hydrogen-bond donors (Lipinski definition) is 0. The zero-order valence-electron chi connectivity index (χ0n) is 16.6. The zero-order chi connectivity index (χ0) is 18.4. The SMILES string of the molecule is [2H]C([2H])([2H])N1C=CN(c2c(C)ccn2-c2ccccc2C(C)C)[C@H]1C. The third-order valence-corrected chi connectivity index (χ3v) is 4.31. The molecule has 3 nitrogen and oxygen atoms in total. The first-order valence-electron chi connectivity index (χ1n) is 9.24. The maximum Gasteiger partial charge on any atom is 0.121 e. The van der Waals surface area contributed by atoms with Crippen LogP contribution >= 0.6 is 0 Å². The van der Waals surface area contributed by atoms with Crippen molar-refractivity contribution in [1.29, 1.82) is 0 Å². The molecule has 2 aromatic rings. The van der Waals surface area contributed by atoms with E-state index in [1.54, 1.807) is 6.20 Å². The molecule has 116 valence electrons. The molecule has 0 radical (unpaired) electrons. The van der Waals surface area contributed by atoms with Crippen molar-refractivity contribution in [2.75, 3.05) is 11.9 Å². The average Bonchev–Trinajstić information content (AvgIpc) is 3.09. The quantitative estimate of drug-likeness (QED) is 0.828. The lowest BCUT2D eigenvalue weighted by Crippen LogP contribution is -2.34. The molecule has 1 aromatic carbocycles. The van der Waals surface area contributed by atoms with E-state index >= 15 is 0 Å². The Hall–Kier alpha value is -2.16. The number of aromatic nitrogens is 1. The highest BCUT2D eigenvalue weighted by atomic mass is 15.4. The van der Waals surface area contributed by atoms with Gasteiger partial charge in [0.25, 0.3) is 0 Å². The number of benzene rings is 1. The minimum Gasteiger partial charge on any atom is -0.359 e. The van der Waals surface area contributed by atoms with Gasteiger partial charge in [0.15, 0.2) is 0 Å². The Morgan fingerprint density at radius 3 is 2.59 bits per heavy atom. The van der Waals surface area contributed by atoms with Crippen LogP contribution in [0.3, 0.4) is 0 Å². The average molecular weight is 298 g/mol. The topological polar surface area (TPSA) is 11.4 Å². The molecule has 1 aliphatic heterocycles. The van der Waals surface area contributed by atoms with Crippen molar-refractivity contribution in [3.8, 4) is 5.69 Å². The smallest absolute Gasteiger partial charge is 0.121 e. The van der Waals surface area contributed by atoms with Crippen LogP contribution in [0, 0.1) is 6.92 Å². The van der Waals surface area contributed by atoms with Crippen molar-refractivity contribution >= 4 is 5.82 Å². The van der Waals surface area contributed by atoms with Gasteiger partial charge < -0.3 is 14.4 Å². The van der Waals surface area contributed by atoms with Crippen LogP contribution in [-0.4, -0.2) is 22.6 Å². The van der Waals surface area contributed by atoms with Gasteiger partial charge in [-0.15, -0.1) is 0 Å². The fourth-order valence-electron chi connectivity index (χ4n) is 3.01. The van der Waals surface area contributed by atoms with Gasteiger partial charge in [0.1, 0.15) is 12.0 Å². The molecule has 0 spiro atoms. The fraction of sp³-hybridized carbons (Fsp3) is 0.368. The summed E-state index contributed by atoms with van der Waals surface area (Å²) in [5.41, 5.74) is 3.51. The molecule has 0 saturated carbocycles. The predicted molar refractivity (Wildman–Crippen MR) is 93.4 cm³/mol. The van der Waals surface area contributed by atoms with E-state index < -0.39 is 6.98 Å². The van der Waals surface area contributed by atoms with Crippen LogP contribution in [-0.2, 0) is 0 Å². The zero-order valence-corrected chi connectivity index (χ0v) is 13.6. The molecule has 0 fully saturated rings. The van der Waals surface area contributed by atoms with E-state index in [-0.39, 0.29) is 6.17 Å². The summed E-state index contributed by atoms with van der Waals surface area (Å²) in [5.74, 6) is 1.40. The molecule has 0 amide bonds. The van der Waals surface area contributed by atoms with E-state index in [9.17, 15) is 0 Å². The van der Waals surface area contributed by atoms with E-state index in [1.165, 1.54) is 10.5 Å². The molecule has 0 saturated heterocycles. The third-order valence-electron chi connectivity index (χ3n) is 4.31. The second-order valence-corrected chi connectivity index (χ2v) is 6.15. The lowest BCUT2D eigenvalue weighted by Gasteiger charge is -2.29. The van der Waals surface area contributed by atoms with Crippen molar-refractivity contribution in [2.45, 2.75) is 39.8 Å². The number of anilines is 1. The van der Waals surface area contributed by atoms with Crippen LogP contribution in [0.4, 0.5) is 5.82 Å². The summed E-state index contributed by atoms with van der Waals surface area (Å²) < 4.78 is 25.3. The van der Waals surface area contributed by atoms with Crippen molar-refractivity contribution in [3.05, 3.63) is 60.1 Å². The van der Waals surface area contributed by atoms with E-state index in [0.29, 0.717) is 5.92 Å². The monoisotopic (exact) mass is 298 g/mol. The fourth-order valence-corrected chi connectivity index (χ4v) is 3.01. The van der Waals surface area contributed by atoms with Crippen LogP contribution in [0.2, 0.25) is 0 Å². The molecular formula is C19H25N3. The lowest BCUT2D eigenvalue weighted by atomic mass is 10.0. The standard InChI is InChI=1S/C19H25N3/c1-14(2)17-8-6-7-9-18(17)22-11-10-15(3)19(22)21-13-12-20(5)16(21)4/h6-14,16H,1-5H3/t16-/m0/s1/i5D3. The van der Waals surface area contributed by atoms with Crippen LogP contribution in [0.1, 0.15) is 41.9 Å². The molecule has 3 rings (SSSR count). The van der Waals surface area contributed by atoms with Gasteiger partial charge >= 0.3 is 0 Å². The van der Waals surface area contributed by atoms with Gasteiger partial charge in [-0.3, -0.25) is 0 Å². The van der Waals surface area contributed by atoms with E-state index in [2.05, 4.69) is 55.8 Å². The molecule has 1 aliphatic rings. The molecule has 1 atom stereocenters. The molecule has 3 heteroatoms. The van der Waals surface area contributed by atoms with Gasteiger partial charge in [-0.25, -0.2) is 0 Å². The van der Waals surface area contributed by atoms with Gasteiger partial charge in [0.05, 0.1) is 5.69 Å². The Bertz CT molecular complexity index is 789. The Kier molecular flexibility index (Phi) is 2.88. The maximum absolute atomic E-state index is 7.71. The van der Waals surface area contributed by atoms with Crippen molar-refractivity contribution in [2.24, 2.45) is 0 Å². The van der Waals surface area contributed by atoms with Crippen LogP contribution in [0.15, 0.2) is 48.9 Å². The molecule has 1 aromatic heterocycles. The first-order valence-corrected chi connectivity index (χ1v) is 7.74. The largest absolute Gasteiger partial charge is 0.359 e. The second-order valence-electron chi connectivity index (χ2n) is 6.15. The normalized spacial score (nSPS) is 20.4. The molecule has 0 unspecified atom stereocenters. The second kappa shape index (κ2) is 5.56.